The fourth-order valence-corrected chi connectivity index (χ4v) is 1.19. The van der Waals surface area contributed by atoms with Gasteiger partial charge in [-0.15, -0.1) is 0 Å². The summed E-state index contributed by atoms with van der Waals surface area (Å²) in [5.74, 6) is 0.169. The second-order valence-corrected chi connectivity index (χ2v) is 3.23. The Hall–Kier alpha value is -1.62. The van der Waals surface area contributed by atoms with Crippen LogP contribution in [0.25, 0.3) is 0 Å². The lowest BCUT2D eigenvalue weighted by molar-refractivity contribution is -0.141. The molecule has 0 saturated heterocycles. The van der Waals surface area contributed by atoms with E-state index < -0.39 is 0 Å². The number of aliphatic hydroxyl groups excluding tert-OH is 1. The molecule has 0 radical (unpaired) electrons. The number of hydrogen-bond donors (Lipinski definition) is 1. The van der Waals surface area contributed by atoms with Crippen molar-refractivity contribution in [2.45, 2.75) is 20.0 Å². The lowest BCUT2D eigenvalue weighted by Gasteiger charge is -2.09. The van der Waals surface area contributed by atoms with Crippen LogP contribution in [0.15, 0.2) is 12.1 Å². The number of methoxy groups -OCH3 is 1. The van der Waals surface area contributed by atoms with Crippen molar-refractivity contribution in [2.24, 2.45) is 0 Å². The Morgan fingerprint density at radius 1 is 1.50 bits per heavy atom. The molecule has 0 saturated carbocycles. The van der Waals surface area contributed by atoms with Gasteiger partial charge in [0.1, 0.15) is 11.4 Å². The molecule has 1 heterocycles. The lowest BCUT2D eigenvalue weighted by atomic mass is 10.3. The standard InChI is InChI=1S/C11H15NO4/c1-8-3-4-10(9(7-13)12-8)16-6-5-11(14)15-2/h3-4,13H,5-7H2,1-2H3. The van der Waals surface area contributed by atoms with Crippen LogP contribution in [0.5, 0.6) is 5.75 Å². The van der Waals surface area contributed by atoms with Crippen LogP contribution in [0.3, 0.4) is 0 Å². The molecule has 0 aliphatic carbocycles. The first kappa shape index (κ1) is 12.4. The summed E-state index contributed by atoms with van der Waals surface area (Å²) < 4.78 is 9.81. The summed E-state index contributed by atoms with van der Waals surface area (Å²) >= 11 is 0. The van der Waals surface area contributed by atoms with Gasteiger partial charge in [-0.2, -0.15) is 0 Å². The molecule has 1 N–H and O–H groups in total. The Morgan fingerprint density at radius 2 is 2.25 bits per heavy atom. The van der Waals surface area contributed by atoms with Gasteiger partial charge < -0.3 is 14.6 Å². The Balaban J connectivity index is 2.56. The first-order valence-electron chi connectivity index (χ1n) is 4.94. The number of aliphatic hydroxyl groups is 1. The van der Waals surface area contributed by atoms with Crippen LogP contribution in [0.2, 0.25) is 0 Å². The third-order valence-corrected chi connectivity index (χ3v) is 2.01. The summed E-state index contributed by atoms with van der Waals surface area (Å²) in [6.07, 6.45) is 0.176. The zero-order valence-electron chi connectivity index (χ0n) is 9.40. The highest BCUT2D eigenvalue weighted by Gasteiger charge is 2.06. The highest BCUT2D eigenvalue weighted by Crippen LogP contribution is 2.16. The Bertz CT molecular complexity index is 365. The van der Waals surface area contributed by atoms with E-state index in [2.05, 4.69) is 9.72 Å². The summed E-state index contributed by atoms with van der Waals surface area (Å²) in [5, 5.41) is 9.06. The predicted octanol–water partition coefficient (Wildman–Crippen LogP) is 0.824. The van der Waals surface area contributed by atoms with Gasteiger partial charge in [-0.25, -0.2) is 0 Å². The first-order valence-corrected chi connectivity index (χ1v) is 4.94. The van der Waals surface area contributed by atoms with E-state index in [4.69, 9.17) is 9.84 Å². The van der Waals surface area contributed by atoms with Crippen LogP contribution in [0, 0.1) is 6.92 Å². The zero-order chi connectivity index (χ0) is 12.0. The van der Waals surface area contributed by atoms with E-state index in [0.717, 1.165) is 5.69 Å². The monoisotopic (exact) mass is 225 g/mol. The minimum atomic E-state index is -0.328. The predicted molar refractivity (Wildman–Crippen MR) is 57.0 cm³/mol. The fourth-order valence-electron chi connectivity index (χ4n) is 1.19. The van der Waals surface area contributed by atoms with Gasteiger partial charge in [0, 0.05) is 5.69 Å². The molecular formula is C11H15NO4. The van der Waals surface area contributed by atoms with Crippen molar-refractivity contribution in [2.75, 3.05) is 13.7 Å². The van der Waals surface area contributed by atoms with Crippen molar-refractivity contribution >= 4 is 5.97 Å². The number of esters is 1. The van der Waals surface area contributed by atoms with E-state index in [0.29, 0.717) is 11.4 Å². The summed E-state index contributed by atoms with van der Waals surface area (Å²) in [6.45, 7) is 1.86. The summed E-state index contributed by atoms with van der Waals surface area (Å²) in [6, 6.07) is 3.51. The van der Waals surface area contributed by atoms with Gasteiger partial charge in [-0.3, -0.25) is 9.78 Å². The third kappa shape index (κ3) is 3.51. The number of aryl methyl sites for hydroxylation is 1. The second-order valence-electron chi connectivity index (χ2n) is 3.23. The van der Waals surface area contributed by atoms with E-state index in [9.17, 15) is 4.79 Å². The van der Waals surface area contributed by atoms with E-state index >= 15 is 0 Å². The third-order valence-electron chi connectivity index (χ3n) is 2.01. The largest absolute Gasteiger partial charge is 0.491 e. The van der Waals surface area contributed by atoms with Gasteiger partial charge in [-0.1, -0.05) is 0 Å². The van der Waals surface area contributed by atoms with Crippen LogP contribution in [0.1, 0.15) is 17.8 Å². The number of pyridine rings is 1. The molecule has 0 spiro atoms. The molecule has 0 fully saturated rings. The highest BCUT2D eigenvalue weighted by molar-refractivity contribution is 5.69. The minimum Gasteiger partial charge on any atom is -0.491 e. The molecule has 5 nitrogen and oxygen atoms in total. The maximum atomic E-state index is 10.8. The summed E-state index contributed by atoms with van der Waals surface area (Å²) in [5.41, 5.74) is 1.29. The summed E-state index contributed by atoms with van der Waals surface area (Å²) in [7, 11) is 1.33. The fraction of sp³-hybridized carbons (Fsp3) is 0.455. The smallest absolute Gasteiger partial charge is 0.308 e. The van der Waals surface area contributed by atoms with Crippen LogP contribution >= 0.6 is 0 Å². The van der Waals surface area contributed by atoms with Gasteiger partial charge in [0.05, 0.1) is 26.7 Å². The maximum absolute atomic E-state index is 10.8. The van der Waals surface area contributed by atoms with E-state index in [-0.39, 0.29) is 25.6 Å². The molecule has 1 aromatic rings. The molecule has 16 heavy (non-hydrogen) atoms. The molecule has 0 bridgehead atoms. The highest BCUT2D eigenvalue weighted by atomic mass is 16.5. The first-order chi connectivity index (χ1) is 7.67. The quantitative estimate of drug-likeness (QED) is 0.751. The van der Waals surface area contributed by atoms with Crippen molar-refractivity contribution in [3.63, 3.8) is 0 Å². The van der Waals surface area contributed by atoms with Crippen molar-refractivity contribution in [1.82, 2.24) is 4.98 Å². The molecular weight excluding hydrogens is 210 g/mol. The molecule has 0 aliphatic heterocycles. The summed E-state index contributed by atoms with van der Waals surface area (Å²) in [4.78, 5) is 15.0. The van der Waals surface area contributed by atoms with Crippen LogP contribution < -0.4 is 4.74 Å². The lowest BCUT2D eigenvalue weighted by Crippen LogP contribution is -2.09. The number of nitrogens with zero attached hydrogens (tertiary/aromatic N) is 1. The van der Waals surface area contributed by atoms with Gasteiger partial charge >= 0.3 is 5.97 Å². The van der Waals surface area contributed by atoms with Crippen LogP contribution in [-0.2, 0) is 16.1 Å². The SMILES string of the molecule is COC(=O)CCOc1ccc(C)nc1CO. The van der Waals surface area contributed by atoms with E-state index in [1.807, 2.05) is 6.92 Å². The maximum Gasteiger partial charge on any atom is 0.308 e. The average molecular weight is 225 g/mol. The molecule has 0 amide bonds. The normalized spacial score (nSPS) is 9.94. The van der Waals surface area contributed by atoms with Crippen molar-refractivity contribution in [1.29, 1.82) is 0 Å². The van der Waals surface area contributed by atoms with Crippen LogP contribution in [0.4, 0.5) is 0 Å². The van der Waals surface area contributed by atoms with Gasteiger partial charge in [0.15, 0.2) is 0 Å². The number of ether oxygens (including phenoxy) is 2. The number of rotatable bonds is 5. The molecule has 0 unspecified atom stereocenters. The Labute approximate surface area is 94.0 Å². The topological polar surface area (TPSA) is 68.7 Å². The minimum absolute atomic E-state index is 0.176. The van der Waals surface area contributed by atoms with E-state index in [1.54, 1.807) is 12.1 Å². The van der Waals surface area contributed by atoms with Crippen LogP contribution in [-0.4, -0.2) is 29.8 Å². The van der Waals surface area contributed by atoms with Crippen molar-refractivity contribution in [3.05, 3.63) is 23.5 Å². The molecule has 0 aromatic carbocycles. The molecule has 0 atom stereocenters. The average Bonchev–Trinajstić information content (AvgIpc) is 2.30. The molecule has 5 heteroatoms. The molecule has 1 aromatic heterocycles. The molecule has 0 aliphatic rings. The number of aromatic nitrogens is 1. The molecule has 1 rings (SSSR count). The second kappa shape index (κ2) is 6.07. The number of carbonyl (C=O) groups is 1. The Morgan fingerprint density at radius 3 is 2.88 bits per heavy atom. The van der Waals surface area contributed by atoms with Gasteiger partial charge in [0.2, 0.25) is 0 Å². The van der Waals surface area contributed by atoms with Crippen molar-refractivity contribution < 1.29 is 19.4 Å². The van der Waals surface area contributed by atoms with Gasteiger partial charge in [0.25, 0.3) is 0 Å². The van der Waals surface area contributed by atoms with E-state index in [1.165, 1.54) is 7.11 Å². The number of hydrogen-bond acceptors (Lipinski definition) is 5. The number of carbonyl (C=O) groups excluding carboxylic acids is 1. The van der Waals surface area contributed by atoms with Gasteiger partial charge in [-0.05, 0) is 19.1 Å². The van der Waals surface area contributed by atoms with Crippen molar-refractivity contribution in [3.8, 4) is 5.75 Å². The zero-order valence-corrected chi connectivity index (χ0v) is 9.40. The molecule has 88 valence electrons. The Kier molecular flexibility index (Phi) is 4.72.